The highest BCUT2D eigenvalue weighted by Gasteiger charge is 2.24. The van der Waals surface area contributed by atoms with E-state index in [2.05, 4.69) is 39.7 Å². The molecule has 0 aliphatic carbocycles. The predicted octanol–water partition coefficient (Wildman–Crippen LogP) is 1.85. The van der Waals surface area contributed by atoms with Gasteiger partial charge in [0, 0.05) is 26.2 Å². The standard InChI is InChI=1S/C19H33N5O/c1-15(2)13-22-7-6-10-24-18(14-22)11-17(21-24)12-20-19(25)16(3)23-8-4-5-9-23/h11,15-16H,4-10,12-14H2,1-3H3,(H,20,25)/t16-/m1/s1. The van der Waals surface area contributed by atoms with Crippen LogP contribution in [0.25, 0.3) is 0 Å². The van der Waals surface area contributed by atoms with E-state index < -0.39 is 0 Å². The summed E-state index contributed by atoms with van der Waals surface area (Å²) in [6, 6.07) is 2.13. The molecule has 0 saturated carbocycles. The third kappa shape index (κ3) is 4.82. The van der Waals surface area contributed by atoms with Gasteiger partial charge in [0.1, 0.15) is 0 Å². The van der Waals surface area contributed by atoms with Crippen molar-refractivity contribution >= 4 is 5.91 Å². The topological polar surface area (TPSA) is 53.4 Å². The van der Waals surface area contributed by atoms with E-state index in [9.17, 15) is 4.79 Å². The molecule has 1 saturated heterocycles. The molecule has 3 heterocycles. The van der Waals surface area contributed by atoms with Gasteiger partial charge in [-0.05, 0) is 51.3 Å². The van der Waals surface area contributed by atoms with Crippen LogP contribution in [-0.2, 0) is 24.4 Å². The molecule has 1 N–H and O–H groups in total. The minimum atomic E-state index is -0.0375. The SMILES string of the molecule is CC(C)CN1CCCn2nc(CNC(=O)[C@@H](C)N3CCCC3)cc2C1. The van der Waals surface area contributed by atoms with Crippen LogP contribution in [0.15, 0.2) is 6.07 Å². The molecule has 6 heteroatoms. The molecule has 0 aromatic carbocycles. The number of fused-ring (bicyclic) bond motifs is 1. The molecule has 2 aliphatic heterocycles. The van der Waals surface area contributed by atoms with E-state index in [0.717, 1.165) is 51.4 Å². The molecule has 1 fully saturated rings. The highest BCUT2D eigenvalue weighted by atomic mass is 16.2. The lowest BCUT2D eigenvalue weighted by molar-refractivity contribution is -0.125. The number of nitrogens with one attached hydrogen (secondary N) is 1. The van der Waals surface area contributed by atoms with Gasteiger partial charge < -0.3 is 5.32 Å². The number of amides is 1. The lowest BCUT2D eigenvalue weighted by Gasteiger charge is -2.22. The molecule has 2 aliphatic rings. The van der Waals surface area contributed by atoms with Gasteiger partial charge in [-0.15, -0.1) is 0 Å². The number of rotatable bonds is 6. The van der Waals surface area contributed by atoms with Crippen LogP contribution in [0.2, 0.25) is 0 Å². The Labute approximate surface area is 151 Å². The number of aryl methyl sites for hydroxylation is 1. The predicted molar refractivity (Wildman–Crippen MR) is 99.1 cm³/mol. The van der Waals surface area contributed by atoms with Crippen molar-refractivity contribution in [3.05, 3.63) is 17.5 Å². The summed E-state index contributed by atoms with van der Waals surface area (Å²) in [5.74, 6) is 0.798. The number of hydrogen-bond donors (Lipinski definition) is 1. The summed E-state index contributed by atoms with van der Waals surface area (Å²) in [6.45, 7) is 13.4. The quantitative estimate of drug-likeness (QED) is 0.853. The van der Waals surface area contributed by atoms with Crippen molar-refractivity contribution in [1.29, 1.82) is 0 Å². The molecule has 1 amide bonds. The average Bonchev–Trinajstić information content (AvgIpc) is 3.18. The zero-order valence-corrected chi connectivity index (χ0v) is 16.0. The summed E-state index contributed by atoms with van der Waals surface area (Å²) < 4.78 is 2.13. The minimum absolute atomic E-state index is 0.0375. The molecule has 3 rings (SSSR count). The first-order chi connectivity index (χ1) is 12.0. The van der Waals surface area contributed by atoms with Gasteiger partial charge in [0.05, 0.1) is 24.0 Å². The number of carbonyl (C=O) groups is 1. The summed E-state index contributed by atoms with van der Waals surface area (Å²) in [6.07, 6.45) is 3.55. The molecule has 0 radical (unpaired) electrons. The number of carbonyl (C=O) groups excluding carboxylic acids is 1. The van der Waals surface area contributed by atoms with Crippen molar-refractivity contribution < 1.29 is 4.79 Å². The highest BCUT2D eigenvalue weighted by molar-refractivity contribution is 5.81. The van der Waals surface area contributed by atoms with Gasteiger partial charge in [-0.25, -0.2) is 0 Å². The highest BCUT2D eigenvalue weighted by Crippen LogP contribution is 2.15. The third-order valence-electron chi connectivity index (χ3n) is 5.28. The zero-order chi connectivity index (χ0) is 17.8. The molecule has 1 aromatic rings. The minimum Gasteiger partial charge on any atom is -0.349 e. The Morgan fingerprint density at radius 2 is 1.92 bits per heavy atom. The number of likely N-dealkylation sites (tertiary alicyclic amines) is 1. The molecule has 140 valence electrons. The lowest BCUT2D eigenvalue weighted by atomic mass is 10.2. The second-order valence-corrected chi connectivity index (χ2v) is 7.97. The van der Waals surface area contributed by atoms with Crippen LogP contribution in [-0.4, -0.2) is 57.7 Å². The molecule has 0 spiro atoms. The van der Waals surface area contributed by atoms with Crippen LogP contribution in [0.3, 0.4) is 0 Å². The maximum atomic E-state index is 12.4. The van der Waals surface area contributed by atoms with Gasteiger partial charge >= 0.3 is 0 Å². The molecule has 6 nitrogen and oxygen atoms in total. The van der Waals surface area contributed by atoms with Gasteiger partial charge in [-0.3, -0.25) is 19.3 Å². The summed E-state index contributed by atoms with van der Waals surface area (Å²) in [4.78, 5) is 17.2. The van der Waals surface area contributed by atoms with E-state index in [0.29, 0.717) is 12.5 Å². The maximum Gasteiger partial charge on any atom is 0.237 e. The second-order valence-electron chi connectivity index (χ2n) is 7.97. The Bertz CT molecular complexity index is 576. The number of hydrogen-bond acceptors (Lipinski definition) is 4. The van der Waals surface area contributed by atoms with E-state index in [4.69, 9.17) is 5.10 Å². The van der Waals surface area contributed by atoms with E-state index >= 15 is 0 Å². The Morgan fingerprint density at radius 3 is 2.64 bits per heavy atom. The largest absolute Gasteiger partial charge is 0.349 e. The molecular weight excluding hydrogens is 314 g/mol. The van der Waals surface area contributed by atoms with Crippen molar-refractivity contribution in [3.63, 3.8) is 0 Å². The first-order valence-electron chi connectivity index (χ1n) is 9.82. The van der Waals surface area contributed by atoms with E-state index in [1.807, 2.05) is 6.92 Å². The Balaban J connectivity index is 1.55. The van der Waals surface area contributed by atoms with E-state index in [-0.39, 0.29) is 11.9 Å². The summed E-state index contributed by atoms with van der Waals surface area (Å²) in [5.41, 5.74) is 2.25. The van der Waals surface area contributed by atoms with Crippen LogP contribution in [0.4, 0.5) is 0 Å². The fraction of sp³-hybridized carbons (Fsp3) is 0.789. The lowest BCUT2D eigenvalue weighted by Crippen LogP contribution is -2.43. The molecule has 0 bridgehead atoms. The zero-order valence-electron chi connectivity index (χ0n) is 16.0. The monoisotopic (exact) mass is 347 g/mol. The second kappa shape index (κ2) is 8.32. The fourth-order valence-corrected chi connectivity index (χ4v) is 3.97. The first kappa shape index (κ1) is 18.4. The molecule has 25 heavy (non-hydrogen) atoms. The van der Waals surface area contributed by atoms with Crippen LogP contribution < -0.4 is 5.32 Å². The summed E-state index contributed by atoms with van der Waals surface area (Å²) >= 11 is 0. The number of aromatic nitrogens is 2. The van der Waals surface area contributed by atoms with Gasteiger partial charge in [0.25, 0.3) is 0 Å². The Morgan fingerprint density at radius 1 is 1.16 bits per heavy atom. The Kier molecular flexibility index (Phi) is 6.12. The van der Waals surface area contributed by atoms with Crippen LogP contribution >= 0.6 is 0 Å². The maximum absolute atomic E-state index is 12.4. The van der Waals surface area contributed by atoms with Crippen LogP contribution in [0.5, 0.6) is 0 Å². The van der Waals surface area contributed by atoms with Gasteiger partial charge in [0.15, 0.2) is 0 Å². The van der Waals surface area contributed by atoms with Crippen LogP contribution in [0, 0.1) is 5.92 Å². The van der Waals surface area contributed by atoms with Gasteiger partial charge in [-0.1, -0.05) is 13.8 Å². The molecule has 0 unspecified atom stereocenters. The van der Waals surface area contributed by atoms with Gasteiger partial charge in [0.2, 0.25) is 5.91 Å². The Hall–Kier alpha value is -1.40. The number of nitrogens with zero attached hydrogens (tertiary/aromatic N) is 4. The summed E-state index contributed by atoms with van der Waals surface area (Å²) in [5, 5.41) is 7.79. The first-order valence-corrected chi connectivity index (χ1v) is 9.82. The van der Waals surface area contributed by atoms with Gasteiger partial charge in [-0.2, -0.15) is 5.10 Å². The fourth-order valence-electron chi connectivity index (χ4n) is 3.97. The molecule has 1 atom stereocenters. The van der Waals surface area contributed by atoms with Crippen molar-refractivity contribution in [3.8, 4) is 0 Å². The smallest absolute Gasteiger partial charge is 0.237 e. The van der Waals surface area contributed by atoms with Crippen molar-refractivity contribution in [2.75, 3.05) is 26.2 Å². The summed E-state index contributed by atoms with van der Waals surface area (Å²) in [7, 11) is 0. The third-order valence-corrected chi connectivity index (χ3v) is 5.28. The van der Waals surface area contributed by atoms with E-state index in [1.165, 1.54) is 18.5 Å². The van der Waals surface area contributed by atoms with Crippen molar-refractivity contribution in [1.82, 2.24) is 24.9 Å². The van der Waals surface area contributed by atoms with Crippen molar-refractivity contribution in [2.24, 2.45) is 5.92 Å². The molecule has 1 aromatic heterocycles. The van der Waals surface area contributed by atoms with Crippen LogP contribution in [0.1, 0.15) is 51.4 Å². The molecular formula is C19H33N5O. The average molecular weight is 348 g/mol. The normalized spacial score (nSPS) is 20.5. The van der Waals surface area contributed by atoms with Crippen molar-refractivity contribution in [2.45, 2.75) is 65.7 Å². The van der Waals surface area contributed by atoms with E-state index in [1.54, 1.807) is 0 Å².